The molecule has 2 heterocycles. The molecule has 1 aromatic carbocycles. The fourth-order valence-corrected chi connectivity index (χ4v) is 4.84. The van der Waals surface area contributed by atoms with Crippen LogP contribution in [0.1, 0.15) is 50.1 Å². The molecule has 0 radical (unpaired) electrons. The first-order valence-electron chi connectivity index (χ1n) is 8.39. The normalized spacial score (nSPS) is 31.5. The summed E-state index contributed by atoms with van der Waals surface area (Å²) in [6, 6.07) is 7.21. The van der Waals surface area contributed by atoms with Crippen LogP contribution in [0.3, 0.4) is 0 Å². The molecule has 3 fully saturated rings. The molecule has 1 aromatic rings. The molecule has 2 aliphatic heterocycles. The van der Waals surface area contributed by atoms with Crippen LogP contribution in [0.2, 0.25) is 0 Å². The van der Waals surface area contributed by atoms with E-state index in [1.54, 1.807) is 12.1 Å². The number of carbonyl (C=O) groups excluding carboxylic acids is 1. The second-order valence-electron chi connectivity index (χ2n) is 7.06. The van der Waals surface area contributed by atoms with E-state index in [0.29, 0.717) is 22.9 Å². The Hall–Kier alpha value is -0.580. The number of Topliss-reactive ketones (excluding diaryl/α,β-unsaturated/α-hetero) is 1. The van der Waals surface area contributed by atoms with Gasteiger partial charge in [0.05, 0.1) is 6.04 Å². The van der Waals surface area contributed by atoms with E-state index in [2.05, 4.69) is 17.5 Å². The number of hydrogen-bond donors (Lipinski definition) is 1. The van der Waals surface area contributed by atoms with Crippen LogP contribution in [0, 0.1) is 11.7 Å². The minimum absolute atomic E-state index is 0. The summed E-state index contributed by atoms with van der Waals surface area (Å²) in [6.45, 7) is 0. The van der Waals surface area contributed by atoms with Gasteiger partial charge in [0.25, 0.3) is 0 Å². The number of thiol groups is 1. The highest BCUT2D eigenvalue weighted by Gasteiger charge is 2.48. The molecular weight excluding hydrogens is 333 g/mol. The Morgan fingerprint density at radius 1 is 1.13 bits per heavy atom. The van der Waals surface area contributed by atoms with Crippen molar-refractivity contribution in [2.75, 3.05) is 0 Å². The molecule has 23 heavy (non-hydrogen) atoms. The van der Waals surface area contributed by atoms with Crippen molar-refractivity contribution < 1.29 is 9.18 Å². The van der Waals surface area contributed by atoms with Crippen LogP contribution in [0.25, 0.3) is 0 Å². The molecule has 0 aromatic heterocycles. The number of nitrogens with zero attached hydrogens (tertiary/aromatic N) is 1. The maximum absolute atomic E-state index is 14.4. The summed E-state index contributed by atoms with van der Waals surface area (Å²) in [7, 11) is 0. The molecule has 2 nitrogen and oxygen atoms in total. The summed E-state index contributed by atoms with van der Waals surface area (Å²) in [5, 5.41) is 0.422. The molecule has 1 saturated carbocycles. The van der Waals surface area contributed by atoms with Gasteiger partial charge in [-0.05, 0) is 44.6 Å². The molecule has 4 rings (SSSR count). The maximum Gasteiger partial charge on any atom is 0.157 e. The lowest BCUT2D eigenvalue weighted by Crippen LogP contribution is -2.48. The Morgan fingerprint density at radius 2 is 1.74 bits per heavy atom. The van der Waals surface area contributed by atoms with Crippen molar-refractivity contribution in [3.63, 3.8) is 0 Å². The highest BCUT2D eigenvalue weighted by atomic mass is 35.5. The number of fused-ring (bicyclic) bond motifs is 2. The fraction of sp³-hybridized carbons (Fsp3) is 0.611. The predicted octanol–water partition coefficient (Wildman–Crippen LogP) is 4.19. The first-order valence-corrected chi connectivity index (χ1v) is 8.90. The van der Waals surface area contributed by atoms with Crippen molar-refractivity contribution in [1.29, 1.82) is 0 Å². The molecule has 2 bridgehead atoms. The van der Waals surface area contributed by atoms with Crippen LogP contribution in [0.5, 0.6) is 0 Å². The summed E-state index contributed by atoms with van der Waals surface area (Å²) in [5.41, 5.74) is 0.578. The molecular formula is C18H23ClFNOS. The molecule has 0 N–H and O–H groups in total. The number of benzene rings is 1. The van der Waals surface area contributed by atoms with Crippen LogP contribution >= 0.6 is 25.0 Å². The van der Waals surface area contributed by atoms with E-state index in [1.807, 2.05) is 6.07 Å². The van der Waals surface area contributed by atoms with E-state index in [0.717, 1.165) is 38.5 Å². The van der Waals surface area contributed by atoms with Gasteiger partial charge in [-0.3, -0.25) is 9.69 Å². The minimum atomic E-state index is -0.382. The van der Waals surface area contributed by atoms with Gasteiger partial charge >= 0.3 is 0 Å². The maximum atomic E-state index is 14.4. The van der Waals surface area contributed by atoms with E-state index < -0.39 is 0 Å². The van der Waals surface area contributed by atoms with Crippen molar-refractivity contribution in [2.45, 2.75) is 61.9 Å². The number of rotatable bonds is 4. The number of ketones is 1. The molecule has 5 heteroatoms. The van der Waals surface area contributed by atoms with Crippen LogP contribution < -0.4 is 0 Å². The Kier molecular flexibility index (Phi) is 5.05. The predicted molar refractivity (Wildman–Crippen MR) is 94.8 cm³/mol. The summed E-state index contributed by atoms with van der Waals surface area (Å²) >= 11 is 4.66. The topological polar surface area (TPSA) is 20.3 Å². The van der Waals surface area contributed by atoms with Gasteiger partial charge in [-0.2, -0.15) is 12.6 Å². The van der Waals surface area contributed by atoms with Gasteiger partial charge < -0.3 is 0 Å². The largest absolute Gasteiger partial charge is 0.297 e. The zero-order chi connectivity index (χ0) is 15.3. The Balaban J connectivity index is 0.00000156. The zero-order valence-electron chi connectivity index (χ0n) is 13.0. The molecule has 2 saturated heterocycles. The van der Waals surface area contributed by atoms with E-state index in [9.17, 15) is 9.18 Å². The van der Waals surface area contributed by atoms with Gasteiger partial charge in [0, 0.05) is 28.8 Å². The third kappa shape index (κ3) is 3.18. The molecule has 1 aliphatic carbocycles. The average Bonchev–Trinajstić information content (AvgIpc) is 3.29. The fourth-order valence-electron chi connectivity index (χ4n) is 4.35. The Labute approximate surface area is 148 Å². The van der Waals surface area contributed by atoms with Crippen LogP contribution in [-0.4, -0.2) is 28.0 Å². The summed E-state index contributed by atoms with van der Waals surface area (Å²) in [5.74, 6) is 0.145. The minimum Gasteiger partial charge on any atom is -0.297 e. The zero-order valence-corrected chi connectivity index (χ0v) is 14.7. The Bertz CT molecular complexity index is 580. The van der Waals surface area contributed by atoms with Gasteiger partial charge in [0.15, 0.2) is 5.78 Å². The first kappa shape index (κ1) is 17.2. The van der Waals surface area contributed by atoms with Crippen LogP contribution in [0.4, 0.5) is 4.39 Å². The third-order valence-corrected chi connectivity index (χ3v) is 5.93. The second kappa shape index (κ2) is 6.73. The van der Waals surface area contributed by atoms with Gasteiger partial charge in [-0.25, -0.2) is 4.39 Å². The number of piperidine rings is 1. The summed E-state index contributed by atoms with van der Waals surface area (Å²) < 4.78 is 14.4. The number of carbonyl (C=O) groups is 1. The van der Waals surface area contributed by atoms with Crippen molar-refractivity contribution in [1.82, 2.24) is 4.90 Å². The van der Waals surface area contributed by atoms with E-state index in [-0.39, 0.29) is 36.0 Å². The van der Waals surface area contributed by atoms with E-state index >= 15 is 0 Å². The molecule has 0 spiro atoms. The summed E-state index contributed by atoms with van der Waals surface area (Å²) in [6.07, 6.45) is 6.21. The highest BCUT2D eigenvalue weighted by Crippen LogP contribution is 2.46. The number of hydrogen-bond acceptors (Lipinski definition) is 3. The van der Waals surface area contributed by atoms with Crippen molar-refractivity contribution in [2.24, 2.45) is 5.92 Å². The smallest absolute Gasteiger partial charge is 0.157 e. The lowest BCUT2D eigenvalue weighted by Gasteiger charge is -2.42. The van der Waals surface area contributed by atoms with Crippen LogP contribution in [-0.2, 0) is 4.79 Å². The third-order valence-electron chi connectivity index (χ3n) is 5.51. The molecule has 3 aliphatic rings. The SMILES string of the molecule is Cl.O=C(C1CC1)C(c1ccccc1F)N1C2CCC1CC(S)C2. The Morgan fingerprint density at radius 3 is 2.30 bits per heavy atom. The van der Waals surface area contributed by atoms with Crippen LogP contribution in [0.15, 0.2) is 24.3 Å². The van der Waals surface area contributed by atoms with E-state index in [1.165, 1.54) is 6.07 Å². The summed E-state index contributed by atoms with van der Waals surface area (Å²) in [4.78, 5) is 15.3. The second-order valence-corrected chi connectivity index (χ2v) is 7.79. The van der Waals surface area contributed by atoms with Crippen molar-refractivity contribution >= 4 is 30.8 Å². The van der Waals surface area contributed by atoms with Crippen molar-refractivity contribution in [3.8, 4) is 0 Å². The number of halogens is 2. The van der Waals surface area contributed by atoms with E-state index in [4.69, 9.17) is 0 Å². The monoisotopic (exact) mass is 355 g/mol. The van der Waals surface area contributed by atoms with Gasteiger partial charge in [0.2, 0.25) is 0 Å². The standard InChI is InChI=1S/C18H22FNOS.ClH/c19-16-4-2-1-3-15(16)17(18(21)11-5-6-11)20-12-7-8-13(20)10-14(22)9-12;/h1-4,11-14,17,22H,5-10H2;1H. The lowest BCUT2D eigenvalue weighted by atomic mass is 9.92. The molecule has 126 valence electrons. The quantitative estimate of drug-likeness (QED) is 0.817. The molecule has 3 unspecified atom stereocenters. The van der Waals surface area contributed by atoms with Gasteiger partial charge in [0.1, 0.15) is 5.82 Å². The molecule has 0 amide bonds. The molecule has 3 atom stereocenters. The highest BCUT2D eigenvalue weighted by molar-refractivity contribution is 7.80. The van der Waals surface area contributed by atoms with Crippen molar-refractivity contribution in [3.05, 3.63) is 35.6 Å². The lowest BCUT2D eigenvalue weighted by molar-refractivity contribution is -0.127. The first-order chi connectivity index (χ1) is 10.6. The van der Waals surface area contributed by atoms with Gasteiger partial charge in [-0.15, -0.1) is 12.4 Å². The van der Waals surface area contributed by atoms with Gasteiger partial charge in [-0.1, -0.05) is 18.2 Å². The average molecular weight is 356 g/mol.